The first-order valence-electron chi connectivity index (χ1n) is 5.55. The predicted octanol–water partition coefficient (Wildman–Crippen LogP) is 3.42. The Bertz CT molecular complexity index is 781. The Morgan fingerprint density at radius 3 is 2.60 bits per heavy atom. The van der Waals surface area contributed by atoms with Crippen molar-refractivity contribution in [2.45, 2.75) is 0 Å². The molecule has 0 amide bonds. The molecule has 2 N–H and O–H groups in total. The number of nitrogen functional groups attached to an aromatic ring is 1. The summed E-state index contributed by atoms with van der Waals surface area (Å²) in [5, 5.41) is 15.7. The lowest BCUT2D eigenvalue weighted by molar-refractivity contribution is -0.384. The van der Waals surface area contributed by atoms with E-state index >= 15 is 0 Å². The Balaban J connectivity index is 1.98. The standard InChI is InChI=1S/C12H8N4O2S2/c13-12-15-10(6-20-12)9-5-19-11(14-9)7-2-1-3-8(4-7)16(17)18/h1-6H,(H2,13,15). The second kappa shape index (κ2) is 4.99. The van der Waals surface area contributed by atoms with Crippen LogP contribution in [0.1, 0.15) is 0 Å². The van der Waals surface area contributed by atoms with Crippen LogP contribution in [0.2, 0.25) is 0 Å². The summed E-state index contributed by atoms with van der Waals surface area (Å²) in [4.78, 5) is 19.0. The first-order chi connectivity index (χ1) is 9.63. The number of non-ortho nitro benzene ring substituents is 1. The number of nitrogens with zero attached hydrogens (tertiary/aromatic N) is 3. The second-order valence-electron chi connectivity index (χ2n) is 3.92. The van der Waals surface area contributed by atoms with Crippen molar-refractivity contribution in [3.05, 3.63) is 45.1 Å². The van der Waals surface area contributed by atoms with Crippen molar-refractivity contribution in [1.82, 2.24) is 9.97 Å². The molecule has 100 valence electrons. The summed E-state index contributed by atoms with van der Waals surface area (Å²) < 4.78 is 0. The van der Waals surface area contributed by atoms with Crippen LogP contribution in [0.25, 0.3) is 22.0 Å². The first-order valence-corrected chi connectivity index (χ1v) is 7.31. The summed E-state index contributed by atoms with van der Waals surface area (Å²) in [6, 6.07) is 6.41. The Morgan fingerprint density at radius 1 is 1.15 bits per heavy atom. The van der Waals surface area contributed by atoms with Gasteiger partial charge in [-0.2, -0.15) is 0 Å². The molecule has 0 spiro atoms. The van der Waals surface area contributed by atoms with E-state index in [1.807, 2.05) is 10.8 Å². The van der Waals surface area contributed by atoms with Crippen molar-refractivity contribution in [3.63, 3.8) is 0 Å². The third kappa shape index (κ3) is 2.38. The minimum Gasteiger partial charge on any atom is -0.375 e. The average Bonchev–Trinajstić information content (AvgIpc) is 3.07. The van der Waals surface area contributed by atoms with Crippen molar-refractivity contribution in [2.24, 2.45) is 0 Å². The van der Waals surface area contributed by atoms with Crippen LogP contribution in [-0.2, 0) is 0 Å². The largest absolute Gasteiger partial charge is 0.375 e. The van der Waals surface area contributed by atoms with E-state index in [1.54, 1.807) is 12.1 Å². The highest BCUT2D eigenvalue weighted by atomic mass is 32.1. The maximum absolute atomic E-state index is 10.8. The van der Waals surface area contributed by atoms with Gasteiger partial charge in [-0.25, -0.2) is 9.97 Å². The smallest absolute Gasteiger partial charge is 0.270 e. The molecule has 6 nitrogen and oxygen atoms in total. The quantitative estimate of drug-likeness (QED) is 0.591. The van der Waals surface area contributed by atoms with Crippen LogP contribution in [0.3, 0.4) is 0 Å². The highest BCUT2D eigenvalue weighted by Gasteiger charge is 2.12. The van der Waals surface area contributed by atoms with E-state index in [-0.39, 0.29) is 5.69 Å². The van der Waals surface area contributed by atoms with Crippen LogP contribution in [0, 0.1) is 10.1 Å². The van der Waals surface area contributed by atoms with E-state index in [0.29, 0.717) is 5.13 Å². The second-order valence-corrected chi connectivity index (χ2v) is 5.66. The van der Waals surface area contributed by atoms with E-state index in [1.165, 1.54) is 34.8 Å². The van der Waals surface area contributed by atoms with Gasteiger partial charge in [-0.3, -0.25) is 10.1 Å². The molecule has 0 aliphatic carbocycles. The van der Waals surface area contributed by atoms with Crippen molar-refractivity contribution < 1.29 is 4.92 Å². The van der Waals surface area contributed by atoms with Crippen molar-refractivity contribution >= 4 is 33.5 Å². The fourth-order valence-electron chi connectivity index (χ4n) is 1.68. The zero-order chi connectivity index (χ0) is 14.1. The number of thiazole rings is 2. The normalized spacial score (nSPS) is 10.6. The maximum atomic E-state index is 10.8. The van der Waals surface area contributed by atoms with Gasteiger partial charge in [-0.1, -0.05) is 12.1 Å². The van der Waals surface area contributed by atoms with Gasteiger partial charge >= 0.3 is 0 Å². The van der Waals surface area contributed by atoms with Crippen molar-refractivity contribution in [2.75, 3.05) is 5.73 Å². The average molecular weight is 304 g/mol. The number of benzene rings is 1. The Kier molecular flexibility index (Phi) is 3.17. The lowest BCUT2D eigenvalue weighted by Crippen LogP contribution is -1.88. The number of anilines is 1. The monoisotopic (exact) mass is 304 g/mol. The van der Waals surface area contributed by atoms with Gasteiger partial charge in [0.15, 0.2) is 5.13 Å². The minimum absolute atomic E-state index is 0.0529. The van der Waals surface area contributed by atoms with Gasteiger partial charge in [0.05, 0.1) is 4.92 Å². The molecule has 3 aromatic rings. The van der Waals surface area contributed by atoms with Gasteiger partial charge in [0.25, 0.3) is 5.69 Å². The van der Waals surface area contributed by atoms with Crippen LogP contribution in [-0.4, -0.2) is 14.9 Å². The maximum Gasteiger partial charge on any atom is 0.270 e. The third-order valence-electron chi connectivity index (χ3n) is 2.59. The zero-order valence-corrected chi connectivity index (χ0v) is 11.6. The topological polar surface area (TPSA) is 94.9 Å². The number of nitro benzene ring substituents is 1. The molecule has 0 atom stereocenters. The molecule has 0 saturated carbocycles. The minimum atomic E-state index is -0.418. The van der Waals surface area contributed by atoms with E-state index in [2.05, 4.69) is 9.97 Å². The Labute approximate surface area is 121 Å². The number of hydrogen-bond acceptors (Lipinski definition) is 7. The molecule has 0 bridgehead atoms. The van der Waals surface area contributed by atoms with Crippen LogP contribution in [0.15, 0.2) is 35.0 Å². The van der Waals surface area contributed by atoms with Crippen LogP contribution >= 0.6 is 22.7 Å². The summed E-state index contributed by atoms with van der Waals surface area (Å²) >= 11 is 2.77. The fraction of sp³-hybridized carbons (Fsp3) is 0. The summed E-state index contributed by atoms with van der Waals surface area (Å²) in [7, 11) is 0. The first kappa shape index (κ1) is 12.7. The number of aromatic nitrogens is 2. The molecular formula is C12H8N4O2S2. The highest BCUT2D eigenvalue weighted by Crippen LogP contribution is 2.31. The number of hydrogen-bond donors (Lipinski definition) is 1. The summed E-state index contributed by atoms with van der Waals surface area (Å²) in [6.07, 6.45) is 0. The van der Waals surface area contributed by atoms with Gasteiger partial charge in [0.1, 0.15) is 16.4 Å². The molecule has 0 radical (unpaired) electrons. The van der Waals surface area contributed by atoms with E-state index < -0.39 is 4.92 Å². The van der Waals surface area contributed by atoms with Gasteiger partial charge in [-0.15, -0.1) is 22.7 Å². The van der Waals surface area contributed by atoms with Crippen molar-refractivity contribution in [3.8, 4) is 22.0 Å². The lowest BCUT2D eigenvalue weighted by Gasteiger charge is -1.96. The third-order valence-corrected chi connectivity index (χ3v) is 4.16. The SMILES string of the molecule is Nc1nc(-c2csc(-c3cccc([N+](=O)[O-])c3)n2)cs1. The van der Waals surface area contributed by atoms with Gasteiger partial charge in [0.2, 0.25) is 0 Å². The molecule has 0 fully saturated rings. The molecule has 3 rings (SSSR count). The molecule has 2 heterocycles. The van der Waals surface area contributed by atoms with Crippen LogP contribution in [0.5, 0.6) is 0 Å². The van der Waals surface area contributed by atoms with Gasteiger partial charge < -0.3 is 5.73 Å². The summed E-state index contributed by atoms with van der Waals surface area (Å²) in [6.45, 7) is 0. The molecule has 20 heavy (non-hydrogen) atoms. The number of nitro groups is 1. The molecule has 8 heteroatoms. The number of nitrogens with two attached hydrogens (primary N) is 1. The summed E-state index contributed by atoms with van der Waals surface area (Å²) in [5.41, 5.74) is 7.82. The van der Waals surface area contributed by atoms with Crippen LogP contribution < -0.4 is 5.73 Å². The Morgan fingerprint density at radius 2 is 1.90 bits per heavy atom. The molecule has 0 aliphatic heterocycles. The van der Waals surface area contributed by atoms with E-state index in [9.17, 15) is 10.1 Å². The number of rotatable bonds is 3. The van der Waals surface area contributed by atoms with Crippen LogP contribution in [0.4, 0.5) is 10.8 Å². The predicted molar refractivity (Wildman–Crippen MR) is 79.7 cm³/mol. The Hall–Kier alpha value is -2.32. The molecule has 2 aromatic heterocycles. The van der Waals surface area contributed by atoms with E-state index in [0.717, 1.165) is 22.0 Å². The fourth-order valence-corrected chi connectivity index (χ4v) is 3.05. The van der Waals surface area contributed by atoms with Gasteiger partial charge in [-0.05, 0) is 0 Å². The molecule has 1 aromatic carbocycles. The molecular weight excluding hydrogens is 296 g/mol. The van der Waals surface area contributed by atoms with Crippen molar-refractivity contribution in [1.29, 1.82) is 0 Å². The highest BCUT2D eigenvalue weighted by molar-refractivity contribution is 7.14. The molecule has 0 saturated heterocycles. The van der Waals surface area contributed by atoms with E-state index in [4.69, 9.17) is 5.73 Å². The lowest BCUT2D eigenvalue weighted by atomic mass is 10.2. The summed E-state index contributed by atoms with van der Waals surface area (Å²) in [5.74, 6) is 0. The molecule has 0 aliphatic rings. The zero-order valence-electron chi connectivity index (χ0n) is 10.0. The van der Waals surface area contributed by atoms with Gasteiger partial charge in [0, 0.05) is 28.5 Å². The molecule has 0 unspecified atom stereocenters.